The largest absolute Gasteiger partial charge is 0.382 e. The van der Waals surface area contributed by atoms with Crippen molar-refractivity contribution < 1.29 is 8.68 Å². The number of hydrogen-bond donors (Lipinski definition) is 0. The van der Waals surface area contributed by atoms with Gasteiger partial charge in [-0.15, -0.1) is 0 Å². The molecule has 0 radical (unpaired) electrons. The van der Waals surface area contributed by atoms with E-state index in [1.54, 1.807) is 0 Å². The Morgan fingerprint density at radius 1 is 1.50 bits per heavy atom. The molecule has 0 saturated carbocycles. The van der Waals surface area contributed by atoms with Crippen molar-refractivity contribution in [2.75, 3.05) is 0 Å². The third kappa shape index (κ3) is 4.76. The van der Waals surface area contributed by atoms with E-state index < -0.39 is 4.77 Å². The molecule has 0 aliphatic heterocycles. The first-order valence-electron chi connectivity index (χ1n) is 0.925. The molecular weight excluding hydrogens is 153 g/mol. The van der Waals surface area contributed by atoms with E-state index in [4.69, 9.17) is 0 Å². The lowest BCUT2D eigenvalue weighted by Crippen LogP contribution is -2.00. The average Bonchev–Trinajstić information content (AvgIpc) is 1.35. The van der Waals surface area contributed by atoms with E-state index in [0.717, 1.165) is 0 Å². The standard InChI is InChI=1S/CCl3FO/c2-1(3,5)6-4. The molecule has 0 aromatic rings. The molecule has 0 atom stereocenters. The van der Waals surface area contributed by atoms with Crippen LogP contribution < -0.4 is 0 Å². The lowest BCUT2D eigenvalue weighted by atomic mass is 11.6. The average molecular weight is 153 g/mol. The summed E-state index contributed by atoms with van der Waals surface area (Å²) in [7, 11) is 0. The van der Waals surface area contributed by atoms with E-state index in [-0.39, 0.29) is 0 Å². The van der Waals surface area contributed by atoms with Crippen molar-refractivity contribution in [1.29, 1.82) is 0 Å². The topological polar surface area (TPSA) is 9.23 Å². The highest BCUT2D eigenvalue weighted by molar-refractivity contribution is 6.46. The van der Waals surface area contributed by atoms with Crippen LogP contribution in [-0.4, -0.2) is 4.77 Å². The second-order valence-electron chi connectivity index (χ2n) is 0.523. The molecule has 0 aromatic carbocycles. The number of halogens is 4. The summed E-state index contributed by atoms with van der Waals surface area (Å²) in [5.41, 5.74) is 0. The Morgan fingerprint density at radius 3 is 1.67 bits per heavy atom. The molecule has 38 valence electrons. The highest BCUT2D eigenvalue weighted by atomic mass is 35.5. The zero-order valence-corrected chi connectivity index (χ0v) is 4.69. The molecule has 0 aliphatic carbocycles. The van der Waals surface area contributed by atoms with Gasteiger partial charge in [-0.1, -0.05) is 0 Å². The van der Waals surface area contributed by atoms with Gasteiger partial charge in [-0.25, -0.2) is 4.29 Å². The Bertz CT molecular complexity index is 40.5. The third-order valence-electron chi connectivity index (χ3n) is 0.0875. The van der Waals surface area contributed by atoms with Crippen molar-refractivity contribution in [2.24, 2.45) is 0 Å². The molecule has 0 fully saturated rings. The fourth-order valence-corrected chi connectivity index (χ4v) is 0. The fraction of sp³-hybridized carbons (Fsp3) is 1.00. The zero-order chi connectivity index (χ0) is 5.21. The highest BCUT2D eigenvalue weighted by Gasteiger charge is 2.21. The van der Waals surface area contributed by atoms with E-state index in [1.807, 2.05) is 0 Å². The predicted octanol–water partition coefficient (Wildman–Crippen LogP) is 2.22. The van der Waals surface area contributed by atoms with Crippen molar-refractivity contribution >= 4 is 35.1 Å². The zero-order valence-electron chi connectivity index (χ0n) is 2.42. The monoisotopic (exact) mass is 152 g/mol. The first-order chi connectivity index (χ1) is 2.56. The van der Waals surface area contributed by atoms with Gasteiger partial charge < -0.3 is 0 Å². The molecule has 0 rings (SSSR count). The Hall–Kier alpha value is 0.760. The summed E-state index contributed by atoms with van der Waals surface area (Å²) < 4.78 is 11.8. The van der Waals surface area contributed by atoms with Gasteiger partial charge in [0.15, 0.2) is 0 Å². The van der Waals surface area contributed by atoms with Crippen molar-refractivity contribution in [2.45, 2.75) is 4.77 Å². The van der Waals surface area contributed by atoms with Gasteiger partial charge in [-0.05, 0) is 23.2 Å². The maximum atomic E-state index is 11.3. The van der Waals surface area contributed by atoms with E-state index in [2.05, 4.69) is 39.4 Å². The third-order valence-corrected chi connectivity index (χ3v) is 0.612. The second-order valence-corrected chi connectivity index (χ2v) is 1.84. The minimum Gasteiger partial charge on any atom is -0.209 e. The van der Waals surface area contributed by atoms with Crippen LogP contribution >= 0.6 is 35.1 Å². The molecule has 0 aromatic heterocycles. The van der Waals surface area contributed by atoms with Crippen LogP contribution in [0.3, 0.4) is 0 Å². The normalized spacial score (nSPS) is 12.0. The summed E-state index contributed by atoms with van der Waals surface area (Å²) in [6.07, 6.45) is 0. The minimum atomic E-state index is -2.75. The second kappa shape index (κ2) is 2.17. The molecule has 0 heterocycles. The first-order valence-corrected chi connectivity index (χ1v) is 1.99. The molecule has 0 N–H and O–H groups in total. The van der Waals surface area contributed by atoms with Gasteiger partial charge in [0.25, 0.3) is 0 Å². The van der Waals surface area contributed by atoms with Crippen LogP contribution in [0.2, 0.25) is 0 Å². The van der Waals surface area contributed by atoms with Gasteiger partial charge in [-0.3, -0.25) is 0 Å². The predicted molar refractivity (Wildman–Crippen MR) is 22.5 cm³/mol. The van der Waals surface area contributed by atoms with Gasteiger partial charge >= 0.3 is 4.77 Å². The minimum absolute atomic E-state index is 2.75. The van der Waals surface area contributed by atoms with E-state index in [9.17, 15) is 4.39 Å². The van der Waals surface area contributed by atoms with Crippen LogP contribution in [0.5, 0.6) is 0 Å². The summed E-state index contributed by atoms with van der Waals surface area (Å²) in [5, 5.41) is 0. The van der Waals surface area contributed by atoms with Crippen molar-refractivity contribution in [3.8, 4) is 0 Å². The number of hydrogen-bond acceptors (Lipinski definition) is 1. The molecule has 0 amide bonds. The van der Waals surface area contributed by atoms with Crippen molar-refractivity contribution in [3.63, 3.8) is 0 Å². The van der Waals surface area contributed by atoms with Gasteiger partial charge in [0.05, 0.1) is 11.9 Å². The van der Waals surface area contributed by atoms with E-state index >= 15 is 0 Å². The smallest absolute Gasteiger partial charge is 0.209 e. The molecule has 0 spiro atoms. The van der Waals surface area contributed by atoms with Gasteiger partial charge in [0, 0.05) is 0 Å². The van der Waals surface area contributed by atoms with Gasteiger partial charge in [-0.2, -0.15) is 4.39 Å². The van der Waals surface area contributed by atoms with E-state index in [0.29, 0.717) is 0 Å². The SMILES string of the molecule is FC(Cl)(Cl)OCl. The molecule has 0 unspecified atom stereocenters. The molecule has 1 nitrogen and oxygen atoms in total. The van der Waals surface area contributed by atoms with E-state index in [1.165, 1.54) is 0 Å². The number of alkyl halides is 3. The first kappa shape index (κ1) is 6.76. The quantitative estimate of drug-likeness (QED) is 0.525. The summed E-state index contributed by atoms with van der Waals surface area (Å²) in [6.45, 7) is 0. The lowest BCUT2D eigenvalue weighted by Gasteiger charge is -1.98. The molecule has 6 heavy (non-hydrogen) atoms. The maximum Gasteiger partial charge on any atom is 0.382 e. The van der Waals surface area contributed by atoms with Crippen LogP contribution in [-0.2, 0) is 4.29 Å². The molecule has 0 aliphatic rings. The highest BCUT2D eigenvalue weighted by Crippen LogP contribution is 2.24. The Labute approximate surface area is 49.1 Å². The van der Waals surface area contributed by atoms with Crippen LogP contribution in [0.15, 0.2) is 0 Å². The lowest BCUT2D eigenvalue weighted by molar-refractivity contribution is 0.117. The van der Waals surface area contributed by atoms with Crippen molar-refractivity contribution in [1.82, 2.24) is 0 Å². The summed E-state index contributed by atoms with van der Waals surface area (Å²) >= 11 is 13.3. The van der Waals surface area contributed by atoms with Gasteiger partial charge in [0.2, 0.25) is 0 Å². The Morgan fingerprint density at radius 2 is 1.67 bits per heavy atom. The van der Waals surface area contributed by atoms with Crippen LogP contribution in [0.4, 0.5) is 4.39 Å². The molecular formula is CCl3FO. The fourth-order valence-electron chi connectivity index (χ4n) is 0. The van der Waals surface area contributed by atoms with Crippen LogP contribution in [0.1, 0.15) is 0 Å². The summed E-state index contributed by atoms with van der Waals surface area (Å²) in [4.78, 5) is 0. The van der Waals surface area contributed by atoms with Crippen molar-refractivity contribution in [3.05, 3.63) is 0 Å². The van der Waals surface area contributed by atoms with Gasteiger partial charge in [0.1, 0.15) is 0 Å². The summed E-state index contributed by atoms with van der Waals surface area (Å²) in [5.74, 6) is 0. The van der Waals surface area contributed by atoms with Crippen LogP contribution in [0, 0.1) is 0 Å². The number of rotatable bonds is 1. The molecule has 0 saturated heterocycles. The maximum absolute atomic E-state index is 11.3. The Balaban J connectivity index is 3.17. The molecule has 5 heteroatoms. The molecule has 0 bridgehead atoms. The van der Waals surface area contributed by atoms with Crippen LogP contribution in [0.25, 0.3) is 0 Å². The summed E-state index contributed by atoms with van der Waals surface area (Å²) in [6, 6.07) is 0. The Kier molecular flexibility index (Phi) is 2.44.